The van der Waals surface area contributed by atoms with Crippen LogP contribution in [0.4, 0.5) is 0 Å². The number of halogens is 1. The van der Waals surface area contributed by atoms with Gasteiger partial charge in [0.25, 0.3) is 0 Å². The maximum Gasteiger partial charge on any atom is 0.246 e. The number of rotatable bonds is 2. The Morgan fingerprint density at radius 2 is 2.20 bits per heavy atom. The third-order valence-corrected chi connectivity index (χ3v) is 4.38. The minimum atomic E-state index is -0.483. The molecule has 1 fully saturated rings. The minimum Gasteiger partial charge on any atom is -0.341 e. The van der Waals surface area contributed by atoms with Crippen molar-refractivity contribution in [3.8, 4) is 0 Å². The molecule has 0 saturated carbocycles. The second kappa shape index (κ2) is 4.54. The minimum absolute atomic E-state index is 0.0692. The molecule has 1 atom stereocenters. The highest BCUT2D eigenvalue weighted by molar-refractivity contribution is 7.10. The summed E-state index contributed by atoms with van der Waals surface area (Å²) < 4.78 is 0. The largest absolute Gasteiger partial charge is 0.341 e. The second-order valence-corrected chi connectivity index (χ2v) is 5.25. The first-order valence-electron chi connectivity index (χ1n) is 5.17. The van der Waals surface area contributed by atoms with Crippen LogP contribution in [0.5, 0.6) is 0 Å². The van der Waals surface area contributed by atoms with Crippen molar-refractivity contribution in [2.75, 3.05) is 13.1 Å². The van der Waals surface area contributed by atoms with Crippen LogP contribution in [0.3, 0.4) is 0 Å². The van der Waals surface area contributed by atoms with Crippen LogP contribution in [0, 0.1) is 6.92 Å². The van der Waals surface area contributed by atoms with E-state index >= 15 is 0 Å². The van der Waals surface area contributed by atoms with Gasteiger partial charge in [0.1, 0.15) is 5.38 Å². The van der Waals surface area contributed by atoms with Gasteiger partial charge in [-0.25, -0.2) is 0 Å². The smallest absolute Gasteiger partial charge is 0.246 e. The van der Waals surface area contributed by atoms with E-state index in [2.05, 4.69) is 0 Å². The summed E-state index contributed by atoms with van der Waals surface area (Å²) in [7, 11) is 0. The highest BCUT2D eigenvalue weighted by Gasteiger charge is 2.27. The van der Waals surface area contributed by atoms with Crippen LogP contribution in [0.25, 0.3) is 0 Å². The van der Waals surface area contributed by atoms with Crippen molar-refractivity contribution in [3.63, 3.8) is 0 Å². The van der Waals surface area contributed by atoms with Crippen LogP contribution in [0.1, 0.15) is 28.7 Å². The van der Waals surface area contributed by atoms with E-state index in [1.165, 1.54) is 0 Å². The van der Waals surface area contributed by atoms with E-state index in [9.17, 15) is 4.79 Å². The molecule has 1 saturated heterocycles. The maximum atomic E-state index is 12.0. The van der Waals surface area contributed by atoms with Crippen molar-refractivity contribution in [2.45, 2.75) is 25.1 Å². The summed E-state index contributed by atoms with van der Waals surface area (Å²) in [4.78, 5) is 14.9. The van der Waals surface area contributed by atoms with Crippen molar-refractivity contribution in [1.29, 1.82) is 0 Å². The normalized spacial score (nSPS) is 18.1. The molecule has 1 amide bonds. The molecule has 1 unspecified atom stereocenters. The molecule has 0 aromatic carbocycles. The van der Waals surface area contributed by atoms with E-state index in [-0.39, 0.29) is 5.91 Å². The molecule has 4 heteroatoms. The predicted octanol–water partition coefficient (Wildman–Crippen LogP) is 2.96. The molecule has 0 aliphatic carbocycles. The number of carbonyl (C=O) groups excluding carboxylic acids is 1. The fraction of sp³-hybridized carbons (Fsp3) is 0.545. The highest BCUT2D eigenvalue weighted by atomic mass is 35.5. The lowest BCUT2D eigenvalue weighted by Gasteiger charge is -2.18. The summed E-state index contributed by atoms with van der Waals surface area (Å²) in [5, 5.41) is 1.50. The average molecular weight is 244 g/mol. The number of carbonyl (C=O) groups is 1. The van der Waals surface area contributed by atoms with Crippen molar-refractivity contribution in [3.05, 3.63) is 21.9 Å². The van der Waals surface area contributed by atoms with Gasteiger partial charge in [-0.15, -0.1) is 22.9 Å². The number of thiophene rings is 1. The van der Waals surface area contributed by atoms with Crippen LogP contribution in [-0.4, -0.2) is 23.9 Å². The number of amides is 1. The quantitative estimate of drug-likeness (QED) is 0.732. The number of likely N-dealkylation sites (tertiary alicyclic amines) is 1. The third kappa shape index (κ3) is 2.18. The van der Waals surface area contributed by atoms with Crippen LogP contribution in [-0.2, 0) is 4.79 Å². The van der Waals surface area contributed by atoms with Gasteiger partial charge in [0.05, 0.1) is 0 Å². The van der Waals surface area contributed by atoms with Gasteiger partial charge in [-0.2, -0.15) is 0 Å². The van der Waals surface area contributed by atoms with Crippen molar-refractivity contribution >= 4 is 28.8 Å². The summed E-state index contributed by atoms with van der Waals surface area (Å²) in [5.74, 6) is 0.0692. The third-order valence-electron chi connectivity index (χ3n) is 2.77. The van der Waals surface area contributed by atoms with E-state index in [0.717, 1.165) is 36.4 Å². The van der Waals surface area contributed by atoms with Gasteiger partial charge < -0.3 is 4.90 Å². The summed E-state index contributed by atoms with van der Waals surface area (Å²) >= 11 is 7.77. The lowest BCUT2D eigenvalue weighted by molar-refractivity contribution is -0.129. The van der Waals surface area contributed by atoms with Gasteiger partial charge in [-0.05, 0) is 36.8 Å². The molecule has 0 radical (unpaired) electrons. The molecular weight excluding hydrogens is 230 g/mol. The molecule has 2 rings (SSSR count). The Kier molecular flexibility index (Phi) is 3.32. The number of hydrogen-bond donors (Lipinski definition) is 0. The Morgan fingerprint density at radius 1 is 1.53 bits per heavy atom. The Morgan fingerprint density at radius 3 is 2.73 bits per heavy atom. The lowest BCUT2D eigenvalue weighted by atomic mass is 10.2. The van der Waals surface area contributed by atoms with Crippen LogP contribution >= 0.6 is 22.9 Å². The molecule has 0 bridgehead atoms. The molecule has 1 aliphatic heterocycles. The Balaban J connectivity index is 2.10. The topological polar surface area (TPSA) is 20.3 Å². The molecule has 15 heavy (non-hydrogen) atoms. The molecule has 82 valence electrons. The molecule has 1 aliphatic rings. The van der Waals surface area contributed by atoms with Gasteiger partial charge in [0.2, 0.25) is 5.91 Å². The SMILES string of the molecule is Cc1ccsc1C(Cl)C(=O)N1CCCC1. The molecule has 2 heterocycles. The van der Waals surface area contributed by atoms with Crippen LogP contribution in [0.2, 0.25) is 0 Å². The summed E-state index contributed by atoms with van der Waals surface area (Å²) in [6.07, 6.45) is 2.22. The van der Waals surface area contributed by atoms with E-state index in [0.29, 0.717) is 0 Å². The Hall–Kier alpha value is -0.540. The molecule has 0 spiro atoms. The zero-order valence-electron chi connectivity index (χ0n) is 8.70. The highest BCUT2D eigenvalue weighted by Crippen LogP contribution is 2.31. The van der Waals surface area contributed by atoms with Crippen molar-refractivity contribution in [1.82, 2.24) is 4.90 Å². The zero-order valence-corrected chi connectivity index (χ0v) is 10.3. The van der Waals surface area contributed by atoms with Gasteiger partial charge in [-0.3, -0.25) is 4.79 Å². The Bertz CT molecular complexity index is 357. The monoisotopic (exact) mass is 243 g/mol. The average Bonchev–Trinajstić information content (AvgIpc) is 2.85. The van der Waals surface area contributed by atoms with Crippen LogP contribution in [0.15, 0.2) is 11.4 Å². The summed E-state index contributed by atoms with van der Waals surface area (Å²) in [5.41, 5.74) is 1.12. The first-order chi connectivity index (χ1) is 7.20. The number of alkyl halides is 1. The molecule has 2 nitrogen and oxygen atoms in total. The van der Waals surface area contributed by atoms with Crippen molar-refractivity contribution < 1.29 is 4.79 Å². The molecule has 1 aromatic rings. The van der Waals surface area contributed by atoms with E-state index < -0.39 is 5.38 Å². The lowest BCUT2D eigenvalue weighted by Crippen LogP contribution is -2.30. The van der Waals surface area contributed by atoms with E-state index in [4.69, 9.17) is 11.6 Å². The second-order valence-electron chi connectivity index (χ2n) is 3.86. The molecule has 1 aromatic heterocycles. The molecule has 0 N–H and O–H groups in total. The number of hydrogen-bond acceptors (Lipinski definition) is 2. The fourth-order valence-electron chi connectivity index (χ4n) is 1.85. The van der Waals surface area contributed by atoms with Crippen molar-refractivity contribution in [2.24, 2.45) is 0 Å². The predicted molar refractivity (Wildman–Crippen MR) is 63.5 cm³/mol. The number of nitrogens with zero attached hydrogens (tertiary/aromatic N) is 1. The fourth-order valence-corrected chi connectivity index (χ4v) is 3.21. The van der Waals surface area contributed by atoms with Gasteiger partial charge in [-0.1, -0.05) is 0 Å². The number of aryl methyl sites for hydroxylation is 1. The standard InChI is InChI=1S/C11H14ClNOS/c1-8-4-7-15-10(8)9(12)11(14)13-5-2-3-6-13/h4,7,9H,2-3,5-6H2,1H3. The van der Waals surface area contributed by atoms with Gasteiger partial charge in [0, 0.05) is 18.0 Å². The van der Waals surface area contributed by atoms with E-state index in [1.54, 1.807) is 11.3 Å². The maximum absolute atomic E-state index is 12.0. The summed E-state index contributed by atoms with van der Waals surface area (Å²) in [6, 6.07) is 2.01. The summed E-state index contributed by atoms with van der Waals surface area (Å²) in [6.45, 7) is 3.73. The Labute approximate surface area is 98.8 Å². The van der Waals surface area contributed by atoms with Crippen LogP contribution < -0.4 is 0 Å². The zero-order chi connectivity index (χ0) is 10.8. The first-order valence-corrected chi connectivity index (χ1v) is 6.48. The molecular formula is C11H14ClNOS. The van der Waals surface area contributed by atoms with Gasteiger partial charge in [0.15, 0.2) is 0 Å². The first kappa shape index (κ1) is 11.0. The van der Waals surface area contributed by atoms with Gasteiger partial charge >= 0.3 is 0 Å². The van der Waals surface area contributed by atoms with E-state index in [1.807, 2.05) is 23.3 Å².